The van der Waals surface area contributed by atoms with Crippen LogP contribution in [0.25, 0.3) is 5.76 Å². The monoisotopic (exact) mass is 459 g/mol. The summed E-state index contributed by atoms with van der Waals surface area (Å²) < 4.78 is 10.9. The zero-order valence-corrected chi connectivity index (χ0v) is 19.3. The summed E-state index contributed by atoms with van der Waals surface area (Å²) in [5.74, 6) is -1.11. The number of amides is 1. The Morgan fingerprint density at radius 3 is 2.21 bits per heavy atom. The maximum atomic E-state index is 13.4. The first-order chi connectivity index (χ1) is 16.3. The van der Waals surface area contributed by atoms with Crippen molar-refractivity contribution in [3.05, 3.63) is 88.5 Å². The number of benzene rings is 3. The highest BCUT2D eigenvalue weighted by Crippen LogP contribution is 2.47. The number of ketones is 1. The second-order valence-corrected chi connectivity index (χ2v) is 8.04. The number of hydrogen-bond acceptors (Lipinski definition) is 6. The van der Waals surface area contributed by atoms with E-state index in [2.05, 4.69) is 0 Å². The number of phenols is 1. The van der Waals surface area contributed by atoms with Gasteiger partial charge in [0.1, 0.15) is 23.0 Å². The first-order valence-electron chi connectivity index (χ1n) is 10.7. The molecule has 1 aliphatic heterocycles. The fourth-order valence-corrected chi connectivity index (χ4v) is 4.35. The molecule has 34 heavy (non-hydrogen) atoms. The number of carbonyl (C=O) groups is 2. The molecule has 7 heteroatoms. The van der Waals surface area contributed by atoms with Crippen LogP contribution in [0.5, 0.6) is 17.2 Å². The van der Waals surface area contributed by atoms with Gasteiger partial charge in [-0.1, -0.05) is 30.3 Å². The van der Waals surface area contributed by atoms with Gasteiger partial charge in [0.2, 0.25) is 0 Å². The van der Waals surface area contributed by atoms with Crippen LogP contribution in [0, 0.1) is 13.8 Å². The molecule has 1 saturated heterocycles. The minimum absolute atomic E-state index is 0.0922. The maximum absolute atomic E-state index is 13.4. The fraction of sp³-hybridized carbons (Fsp3) is 0.185. The Labute approximate surface area is 197 Å². The van der Waals surface area contributed by atoms with Gasteiger partial charge in [-0.2, -0.15) is 0 Å². The Balaban J connectivity index is 2.03. The van der Waals surface area contributed by atoms with Crippen LogP contribution in [-0.2, 0) is 9.59 Å². The molecule has 174 valence electrons. The summed E-state index contributed by atoms with van der Waals surface area (Å²) >= 11 is 0. The molecule has 1 heterocycles. The van der Waals surface area contributed by atoms with Crippen LogP contribution in [0.15, 0.2) is 66.2 Å². The summed E-state index contributed by atoms with van der Waals surface area (Å²) in [6, 6.07) is 15.7. The molecule has 0 bridgehead atoms. The van der Waals surface area contributed by atoms with Crippen molar-refractivity contribution in [2.75, 3.05) is 19.1 Å². The molecule has 3 aromatic rings. The summed E-state index contributed by atoms with van der Waals surface area (Å²) in [6.07, 6.45) is 0. The molecule has 0 saturated carbocycles. The number of methoxy groups -OCH3 is 2. The fourth-order valence-electron chi connectivity index (χ4n) is 4.35. The van der Waals surface area contributed by atoms with Gasteiger partial charge in [0.15, 0.2) is 0 Å². The zero-order valence-electron chi connectivity index (χ0n) is 19.3. The van der Waals surface area contributed by atoms with Crippen molar-refractivity contribution in [3.63, 3.8) is 0 Å². The molecule has 0 aliphatic carbocycles. The molecule has 1 aliphatic rings. The van der Waals surface area contributed by atoms with Gasteiger partial charge in [0.25, 0.3) is 11.7 Å². The van der Waals surface area contributed by atoms with Crippen LogP contribution < -0.4 is 14.4 Å². The molecule has 7 nitrogen and oxygen atoms in total. The topological polar surface area (TPSA) is 96.3 Å². The van der Waals surface area contributed by atoms with E-state index in [-0.39, 0.29) is 22.8 Å². The summed E-state index contributed by atoms with van der Waals surface area (Å²) in [5, 5.41) is 22.0. The molecule has 2 N–H and O–H groups in total. The molecular formula is C27H25NO6. The molecule has 1 unspecified atom stereocenters. The van der Waals surface area contributed by atoms with Gasteiger partial charge >= 0.3 is 0 Å². The number of phenolic OH excluding ortho intramolecular Hbond substituents is 1. The molecular weight excluding hydrogens is 434 g/mol. The van der Waals surface area contributed by atoms with E-state index in [4.69, 9.17) is 9.47 Å². The summed E-state index contributed by atoms with van der Waals surface area (Å²) in [4.78, 5) is 27.9. The highest BCUT2D eigenvalue weighted by atomic mass is 16.5. The highest BCUT2D eigenvalue weighted by Gasteiger charge is 2.48. The number of anilines is 1. The number of ether oxygens (including phenoxy) is 2. The number of aliphatic hydroxyl groups excluding tert-OH is 1. The van der Waals surface area contributed by atoms with Crippen molar-refractivity contribution in [2.45, 2.75) is 19.9 Å². The van der Waals surface area contributed by atoms with Crippen LogP contribution in [-0.4, -0.2) is 36.1 Å². The Bertz CT molecular complexity index is 1330. The van der Waals surface area contributed by atoms with Crippen LogP contribution >= 0.6 is 0 Å². The second kappa shape index (κ2) is 8.94. The number of nitrogens with zero attached hydrogens (tertiary/aromatic N) is 1. The number of rotatable bonds is 5. The Morgan fingerprint density at radius 2 is 1.53 bits per heavy atom. The third kappa shape index (κ3) is 3.65. The number of carbonyl (C=O) groups excluding carboxylic acids is 2. The summed E-state index contributed by atoms with van der Waals surface area (Å²) in [6.45, 7) is 3.61. The summed E-state index contributed by atoms with van der Waals surface area (Å²) in [7, 11) is 3.04. The SMILES string of the molecule is COc1cc(C)c(/C(O)=C2\C(=O)C(=O)N(c3ccccc3O)C2c2ccccc2OC)cc1C. The molecule has 0 aromatic heterocycles. The van der Waals surface area contributed by atoms with E-state index < -0.39 is 17.7 Å². The third-order valence-corrected chi connectivity index (χ3v) is 6.02. The number of aromatic hydroxyl groups is 1. The van der Waals surface area contributed by atoms with Crippen molar-refractivity contribution in [1.82, 2.24) is 0 Å². The van der Waals surface area contributed by atoms with Gasteiger partial charge in [-0.05, 0) is 55.3 Å². The largest absolute Gasteiger partial charge is 0.507 e. The van der Waals surface area contributed by atoms with Crippen LogP contribution in [0.3, 0.4) is 0 Å². The van der Waals surface area contributed by atoms with Crippen LogP contribution in [0.2, 0.25) is 0 Å². The number of para-hydroxylation sites is 3. The zero-order chi connectivity index (χ0) is 24.6. The lowest BCUT2D eigenvalue weighted by Crippen LogP contribution is -2.29. The van der Waals surface area contributed by atoms with E-state index in [1.54, 1.807) is 68.6 Å². The lowest BCUT2D eigenvalue weighted by Gasteiger charge is -2.27. The normalized spacial score (nSPS) is 17.2. The van der Waals surface area contributed by atoms with Crippen LogP contribution in [0.1, 0.15) is 28.3 Å². The predicted octanol–water partition coefficient (Wildman–Crippen LogP) is 4.65. The number of aryl methyl sites for hydroxylation is 2. The van der Waals surface area contributed by atoms with Crippen molar-refractivity contribution in [1.29, 1.82) is 0 Å². The maximum Gasteiger partial charge on any atom is 0.300 e. The van der Waals surface area contributed by atoms with E-state index in [0.717, 1.165) is 5.56 Å². The van der Waals surface area contributed by atoms with Gasteiger partial charge in [-0.3, -0.25) is 14.5 Å². The second-order valence-electron chi connectivity index (χ2n) is 8.04. The first kappa shape index (κ1) is 22.9. The Hall–Kier alpha value is -4.26. The van der Waals surface area contributed by atoms with E-state index in [1.807, 2.05) is 6.92 Å². The van der Waals surface area contributed by atoms with E-state index in [1.165, 1.54) is 18.1 Å². The lowest BCUT2D eigenvalue weighted by molar-refractivity contribution is -0.132. The summed E-state index contributed by atoms with van der Waals surface area (Å²) in [5.41, 5.74) is 2.41. The van der Waals surface area contributed by atoms with Crippen molar-refractivity contribution < 1.29 is 29.3 Å². The van der Waals surface area contributed by atoms with Crippen molar-refractivity contribution in [3.8, 4) is 17.2 Å². The van der Waals surface area contributed by atoms with Gasteiger partial charge in [-0.15, -0.1) is 0 Å². The molecule has 4 rings (SSSR count). The molecule has 0 spiro atoms. The van der Waals surface area contributed by atoms with E-state index >= 15 is 0 Å². The smallest absolute Gasteiger partial charge is 0.300 e. The Morgan fingerprint density at radius 1 is 0.882 bits per heavy atom. The van der Waals surface area contributed by atoms with Crippen molar-refractivity contribution in [2.24, 2.45) is 0 Å². The van der Waals surface area contributed by atoms with E-state index in [0.29, 0.717) is 28.2 Å². The number of hydrogen-bond donors (Lipinski definition) is 2. The van der Waals surface area contributed by atoms with E-state index in [9.17, 15) is 19.8 Å². The quantitative estimate of drug-likeness (QED) is 0.328. The molecule has 1 atom stereocenters. The minimum Gasteiger partial charge on any atom is -0.507 e. The van der Waals surface area contributed by atoms with Gasteiger partial charge in [0.05, 0.1) is 31.5 Å². The third-order valence-electron chi connectivity index (χ3n) is 6.02. The minimum atomic E-state index is -1.02. The predicted molar refractivity (Wildman–Crippen MR) is 128 cm³/mol. The number of Topliss-reactive ketones (excluding diaryl/α,β-unsaturated/α-hetero) is 1. The molecule has 1 amide bonds. The number of aliphatic hydroxyl groups is 1. The molecule has 0 radical (unpaired) electrons. The molecule has 1 fully saturated rings. The first-order valence-corrected chi connectivity index (χ1v) is 10.7. The van der Waals surface area contributed by atoms with Gasteiger partial charge < -0.3 is 19.7 Å². The molecule has 3 aromatic carbocycles. The van der Waals surface area contributed by atoms with Gasteiger partial charge in [-0.25, -0.2) is 0 Å². The Kier molecular flexibility index (Phi) is 6.03. The highest BCUT2D eigenvalue weighted by molar-refractivity contribution is 6.52. The average molecular weight is 459 g/mol. The standard InChI is InChI=1S/C27H25NO6/c1-15-14-22(34-4)16(2)13-18(15)25(30)23-24(17-9-5-8-12-21(17)33-3)28(27(32)26(23)31)19-10-6-7-11-20(19)29/h5-14,24,29-30H,1-4H3/b25-23+. The van der Waals surface area contributed by atoms with Crippen LogP contribution in [0.4, 0.5) is 5.69 Å². The average Bonchev–Trinajstić information content (AvgIpc) is 3.10. The lowest BCUT2D eigenvalue weighted by atomic mass is 9.92. The van der Waals surface area contributed by atoms with Crippen molar-refractivity contribution >= 4 is 23.1 Å². The van der Waals surface area contributed by atoms with Gasteiger partial charge in [0, 0.05) is 11.1 Å².